The summed E-state index contributed by atoms with van der Waals surface area (Å²) in [5, 5.41) is 16.4. The van der Waals surface area contributed by atoms with Gasteiger partial charge in [0.15, 0.2) is 0 Å². The number of hydrogen-bond acceptors (Lipinski definition) is 3. The topological polar surface area (TPSA) is 84.3 Å². The summed E-state index contributed by atoms with van der Waals surface area (Å²) in [6.45, 7) is 3.47. The van der Waals surface area contributed by atoms with Crippen LogP contribution in [0.4, 0.5) is 16.2 Å². The fourth-order valence-electron chi connectivity index (χ4n) is 2.17. The number of hydrogen-bond donors (Lipinski definition) is 2. The van der Waals surface area contributed by atoms with Gasteiger partial charge >= 0.3 is 6.03 Å². The Morgan fingerprint density at radius 3 is 2.61 bits per heavy atom. The Morgan fingerprint density at radius 1 is 1.26 bits per heavy atom. The first-order chi connectivity index (χ1) is 10.9. The maximum atomic E-state index is 12.1. The van der Waals surface area contributed by atoms with E-state index in [-0.39, 0.29) is 11.7 Å². The number of carbonyl (C=O) groups is 1. The van der Waals surface area contributed by atoms with E-state index in [1.54, 1.807) is 19.1 Å². The van der Waals surface area contributed by atoms with Crippen LogP contribution in [0.15, 0.2) is 46.9 Å². The average Bonchev–Trinajstić information content (AvgIpc) is 2.49. The number of nitro benzene ring substituents is 1. The molecule has 2 N–H and O–H groups in total. The quantitative estimate of drug-likeness (QED) is 0.605. The van der Waals surface area contributed by atoms with E-state index >= 15 is 0 Å². The Hall–Kier alpha value is -2.41. The number of benzene rings is 2. The number of nitro groups is 1. The van der Waals surface area contributed by atoms with Gasteiger partial charge in [-0.05, 0) is 37.6 Å². The fourth-order valence-corrected chi connectivity index (χ4v) is 2.59. The molecule has 0 bridgehead atoms. The molecule has 2 rings (SSSR count). The highest BCUT2D eigenvalue weighted by Crippen LogP contribution is 2.25. The van der Waals surface area contributed by atoms with Crippen LogP contribution in [0.5, 0.6) is 0 Å². The van der Waals surface area contributed by atoms with Crippen LogP contribution in [0.25, 0.3) is 0 Å². The van der Waals surface area contributed by atoms with Crippen LogP contribution < -0.4 is 10.6 Å². The van der Waals surface area contributed by atoms with E-state index in [2.05, 4.69) is 26.6 Å². The Labute approximate surface area is 142 Å². The van der Waals surface area contributed by atoms with Crippen molar-refractivity contribution in [1.82, 2.24) is 5.32 Å². The summed E-state index contributed by atoms with van der Waals surface area (Å²) in [4.78, 5) is 22.6. The molecule has 0 heterocycles. The van der Waals surface area contributed by atoms with Gasteiger partial charge in [0.25, 0.3) is 5.69 Å². The fraction of sp³-hybridized carbons (Fsp3) is 0.188. The Kier molecular flexibility index (Phi) is 5.33. The number of carbonyl (C=O) groups excluding carboxylic acids is 1. The molecule has 120 valence electrons. The van der Waals surface area contributed by atoms with Crippen LogP contribution >= 0.6 is 15.9 Å². The molecule has 6 nitrogen and oxygen atoms in total. The molecule has 1 atom stereocenters. The summed E-state index contributed by atoms with van der Waals surface area (Å²) < 4.78 is 0.929. The molecule has 23 heavy (non-hydrogen) atoms. The standard InChI is InChI=1S/C16H16BrN3O3/c1-10-14(7-4-8-15(10)20(22)23)19-16(21)18-11(2)12-5-3-6-13(17)9-12/h3-9,11H,1-2H3,(H2,18,19,21). The van der Waals surface area contributed by atoms with Crippen LogP contribution in [0, 0.1) is 17.0 Å². The lowest BCUT2D eigenvalue weighted by Gasteiger charge is -2.16. The van der Waals surface area contributed by atoms with E-state index in [1.165, 1.54) is 6.07 Å². The Bertz CT molecular complexity index is 749. The van der Waals surface area contributed by atoms with Gasteiger partial charge in [0.1, 0.15) is 0 Å². The summed E-state index contributed by atoms with van der Waals surface area (Å²) in [5.41, 5.74) is 1.76. The van der Waals surface area contributed by atoms with Crippen LogP contribution in [-0.4, -0.2) is 11.0 Å². The van der Waals surface area contributed by atoms with Crippen LogP contribution in [0.2, 0.25) is 0 Å². The van der Waals surface area contributed by atoms with E-state index in [0.29, 0.717) is 11.3 Å². The molecule has 0 radical (unpaired) electrons. The van der Waals surface area contributed by atoms with Crippen molar-refractivity contribution < 1.29 is 9.72 Å². The van der Waals surface area contributed by atoms with Crippen molar-refractivity contribution in [2.24, 2.45) is 0 Å². The van der Waals surface area contributed by atoms with Crippen molar-refractivity contribution in [2.75, 3.05) is 5.32 Å². The lowest BCUT2D eigenvalue weighted by atomic mass is 10.1. The molecule has 2 aromatic carbocycles. The number of rotatable bonds is 4. The zero-order chi connectivity index (χ0) is 17.0. The van der Waals surface area contributed by atoms with Gasteiger partial charge < -0.3 is 10.6 Å². The predicted molar refractivity (Wildman–Crippen MR) is 92.5 cm³/mol. The summed E-state index contributed by atoms with van der Waals surface area (Å²) in [6.07, 6.45) is 0. The number of nitrogens with one attached hydrogen (secondary N) is 2. The number of anilines is 1. The predicted octanol–water partition coefficient (Wildman–Crippen LogP) is 4.55. The number of amides is 2. The smallest absolute Gasteiger partial charge is 0.319 e. The zero-order valence-electron chi connectivity index (χ0n) is 12.7. The van der Waals surface area contributed by atoms with Gasteiger partial charge in [-0.2, -0.15) is 0 Å². The van der Waals surface area contributed by atoms with E-state index in [9.17, 15) is 14.9 Å². The average molecular weight is 378 g/mol. The maximum Gasteiger partial charge on any atom is 0.319 e. The summed E-state index contributed by atoms with van der Waals surface area (Å²) in [5.74, 6) is 0. The number of halogens is 1. The van der Waals surface area contributed by atoms with Crippen molar-refractivity contribution in [1.29, 1.82) is 0 Å². The first kappa shape index (κ1) is 17.0. The van der Waals surface area contributed by atoms with Crippen molar-refractivity contribution in [2.45, 2.75) is 19.9 Å². The van der Waals surface area contributed by atoms with Gasteiger partial charge in [0.05, 0.1) is 22.2 Å². The summed E-state index contributed by atoms with van der Waals surface area (Å²) >= 11 is 3.39. The maximum absolute atomic E-state index is 12.1. The minimum absolute atomic E-state index is 0.0251. The minimum Gasteiger partial charge on any atom is -0.331 e. The van der Waals surface area contributed by atoms with Gasteiger partial charge in [-0.25, -0.2) is 4.79 Å². The molecule has 0 aliphatic carbocycles. The second kappa shape index (κ2) is 7.23. The summed E-state index contributed by atoms with van der Waals surface area (Å²) in [7, 11) is 0. The molecular formula is C16H16BrN3O3. The molecule has 0 saturated carbocycles. The van der Waals surface area contributed by atoms with E-state index in [1.807, 2.05) is 31.2 Å². The van der Waals surface area contributed by atoms with Crippen molar-refractivity contribution >= 4 is 33.3 Å². The Morgan fingerprint density at radius 2 is 1.96 bits per heavy atom. The first-order valence-corrected chi connectivity index (χ1v) is 7.74. The highest BCUT2D eigenvalue weighted by molar-refractivity contribution is 9.10. The monoisotopic (exact) mass is 377 g/mol. The lowest BCUT2D eigenvalue weighted by Crippen LogP contribution is -2.31. The molecule has 2 aromatic rings. The molecule has 0 fully saturated rings. The highest BCUT2D eigenvalue weighted by Gasteiger charge is 2.16. The molecule has 0 aliphatic heterocycles. The van der Waals surface area contributed by atoms with Gasteiger partial charge in [0, 0.05) is 10.5 Å². The molecule has 1 unspecified atom stereocenters. The second-order valence-corrected chi connectivity index (χ2v) is 6.00. The third kappa shape index (κ3) is 4.29. The lowest BCUT2D eigenvalue weighted by molar-refractivity contribution is -0.385. The number of urea groups is 1. The van der Waals surface area contributed by atoms with Gasteiger partial charge in [-0.3, -0.25) is 10.1 Å². The third-order valence-electron chi connectivity index (χ3n) is 3.45. The van der Waals surface area contributed by atoms with Crippen molar-refractivity contribution in [3.8, 4) is 0 Å². The number of nitrogens with zero attached hydrogens (tertiary/aromatic N) is 1. The summed E-state index contributed by atoms with van der Waals surface area (Å²) in [6, 6.07) is 11.6. The second-order valence-electron chi connectivity index (χ2n) is 5.08. The van der Waals surface area contributed by atoms with E-state index in [4.69, 9.17) is 0 Å². The third-order valence-corrected chi connectivity index (χ3v) is 3.94. The van der Waals surface area contributed by atoms with Gasteiger partial charge in [-0.1, -0.05) is 34.1 Å². The molecule has 7 heteroatoms. The van der Waals surface area contributed by atoms with Crippen LogP contribution in [-0.2, 0) is 0 Å². The Balaban J connectivity index is 2.08. The molecule has 0 spiro atoms. The first-order valence-electron chi connectivity index (χ1n) is 6.95. The molecule has 0 saturated heterocycles. The largest absolute Gasteiger partial charge is 0.331 e. The molecule has 0 aliphatic rings. The van der Waals surface area contributed by atoms with Crippen molar-refractivity contribution in [3.05, 3.63) is 68.2 Å². The minimum atomic E-state index is -0.470. The molecular weight excluding hydrogens is 362 g/mol. The van der Waals surface area contributed by atoms with Crippen LogP contribution in [0.1, 0.15) is 24.1 Å². The van der Waals surface area contributed by atoms with E-state index < -0.39 is 11.0 Å². The van der Waals surface area contributed by atoms with Crippen molar-refractivity contribution in [3.63, 3.8) is 0 Å². The highest BCUT2D eigenvalue weighted by atomic mass is 79.9. The normalized spacial score (nSPS) is 11.6. The SMILES string of the molecule is Cc1c(NC(=O)NC(C)c2cccc(Br)c2)cccc1[N+](=O)[O-]. The molecule has 2 amide bonds. The van der Waals surface area contributed by atoms with E-state index in [0.717, 1.165) is 10.0 Å². The van der Waals surface area contributed by atoms with Gasteiger partial charge in [-0.15, -0.1) is 0 Å². The zero-order valence-corrected chi connectivity index (χ0v) is 14.3. The van der Waals surface area contributed by atoms with Crippen LogP contribution in [0.3, 0.4) is 0 Å². The van der Waals surface area contributed by atoms with Gasteiger partial charge in [0.2, 0.25) is 0 Å². The molecule has 0 aromatic heterocycles.